The van der Waals surface area contributed by atoms with Crippen molar-refractivity contribution >= 4 is 23.3 Å². The summed E-state index contributed by atoms with van der Waals surface area (Å²) in [7, 11) is 3.30. The number of thioether (sulfide) groups is 1. The van der Waals surface area contributed by atoms with E-state index in [4.69, 9.17) is 9.47 Å². The van der Waals surface area contributed by atoms with Crippen molar-refractivity contribution < 1.29 is 9.47 Å². The minimum atomic E-state index is 0.153. The summed E-state index contributed by atoms with van der Waals surface area (Å²) in [5.74, 6) is 0.652. The minimum Gasteiger partial charge on any atom is -0.486 e. The van der Waals surface area contributed by atoms with Crippen molar-refractivity contribution in [3.05, 3.63) is 5.56 Å². The maximum atomic E-state index is 5.34. The zero-order valence-corrected chi connectivity index (χ0v) is 13.5. The molecule has 0 fully saturated rings. The van der Waals surface area contributed by atoms with E-state index in [-0.39, 0.29) is 10.8 Å². The number of nitrogens with one attached hydrogen (secondary N) is 1. The van der Waals surface area contributed by atoms with Gasteiger partial charge < -0.3 is 14.8 Å². The molecule has 0 radical (unpaired) electrons. The largest absolute Gasteiger partial charge is 0.486 e. The first-order valence-electron chi connectivity index (χ1n) is 5.81. The van der Waals surface area contributed by atoms with Crippen molar-refractivity contribution in [2.24, 2.45) is 0 Å². The zero-order chi connectivity index (χ0) is 13.8. The number of nitrogens with zero attached hydrogens (tertiary/aromatic N) is 1. The zero-order valence-electron chi connectivity index (χ0n) is 11.9. The van der Waals surface area contributed by atoms with E-state index in [9.17, 15) is 0 Å². The summed E-state index contributed by atoms with van der Waals surface area (Å²) in [6.45, 7) is 7.46. The minimum absolute atomic E-state index is 0.153. The van der Waals surface area contributed by atoms with Crippen LogP contribution in [-0.2, 0) is 0 Å². The summed E-state index contributed by atoms with van der Waals surface area (Å²) >= 11 is 3.17. The van der Waals surface area contributed by atoms with E-state index in [1.165, 1.54) is 11.5 Å². The first-order valence-corrected chi connectivity index (χ1v) is 7.81. The molecule has 6 heteroatoms. The first-order chi connectivity index (χ1) is 8.45. The quantitative estimate of drug-likeness (QED) is 0.836. The van der Waals surface area contributed by atoms with E-state index in [1.54, 1.807) is 14.2 Å². The molecule has 0 aliphatic rings. The number of rotatable bonds is 7. The summed E-state index contributed by atoms with van der Waals surface area (Å²) in [6, 6.07) is 0.153. The molecule has 0 bridgehead atoms. The fourth-order valence-electron chi connectivity index (χ4n) is 1.50. The van der Waals surface area contributed by atoms with Crippen molar-refractivity contribution in [2.75, 3.05) is 27.0 Å². The third-order valence-corrected chi connectivity index (χ3v) is 4.92. The normalized spacial score (nSPS) is 13.4. The predicted molar refractivity (Wildman–Crippen MR) is 79.2 cm³/mol. The van der Waals surface area contributed by atoms with Crippen molar-refractivity contribution in [3.8, 4) is 10.9 Å². The topological polar surface area (TPSA) is 43.4 Å². The number of hydrogen-bond acceptors (Lipinski definition) is 6. The van der Waals surface area contributed by atoms with E-state index < -0.39 is 0 Å². The van der Waals surface area contributed by atoms with E-state index in [0.717, 1.165) is 17.2 Å². The second-order valence-electron chi connectivity index (χ2n) is 4.66. The van der Waals surface area contributed by atoms with Crippen molar-refractivity contribution in [3.63, 3.8) is 0 Å². The summed E-state index contributed by atoms with van der Waals surface area (Å²) in [5.41, 5.74) is 1.00. The molecule has 1 N–H and O–H groups in total. The Bertz CT molecular complexity index is 359. The molecule has 1 atom stereocenters. The molecule has 4 nitrogen and oxygen atoms in total. The van der Waals surface area contributed by atoms with Gasteiger partial charge in [-0.25, -0.2) is 0 Å². The molecule has 0 aliphatic heterocycles. The lowest BCUT2D eigenvalue weighted by Gasteiger charge is -2.25. The van der Waals surface area contributed by atoms with Crippen LogP contribution in [0.4, 0.5) is 0 Å². The van der Waals surface area contributed by atoms with Gasteiger partial charge >= 0.3 is 0 Å². The van der Waals surface area contributed by atoms with Crippen molar-refractivity contribution in [1.82, 2.24) is 9.69 Å². The van der Waals surface area contributed by atoms with Gasteiger partial charge in [-0.3, -0.25) is 0 Å². The van der Waals surface area contributed by atoms with Gasteiger partial charge in [0.15, 0.2) is 0 Å². The van der Waals surface area contributed by atoms with Gasteiger partial charge in [-0.05, 0) is 27.0 Å². The molecule has 0 spiro atoms. The van der Waals surface area contributed by atoms with Crippen molar-refractivity contribution in [1.29, 1.82) is 0 Å². The van der Waals surface area contributed by atoms with Crippen LogP contribution in [0.5, 0.6) is 10.9 Å². The lowest BCUT2D eigenvalue weighted by Crippen LogP contribution is -2.33. The van der Waals surface area contributed by atoms with Gasteiger partial charge in [0.05, 0.1) is 19.8 Å². The smallest absolute Gasteiger partial charge is 0.233 e. The highest BCUT2D eigenvalue weighted by Gasteiger charge is 2.23. The molecular weight excluding hydrogens is 268 g/mol. The Morgan fingerprint density at radius 2 is 2.06 bits per heavy atom. The van der Waals surface area contributed by atoms with Crippen LogP contribution in [-0.4, -0.2) is 36.1 Å². The molecule has 1 heterocycles. The van der Waals surface area contributed by atoms with Crippen LogP contribution in [0.3, 0.4) is 0 Å². The SMILES string of the molecule is COc1nsc(OC)c1C(C)NCC(C)(C)SC. The lowest BCUT2D eigenvalue weighted by atomic mass is 10.1. The number of aromatic nitrogens is 1. The third kappa shape index (κ3) is 3.76. The highest BCUT2D eigenvalue weighted by Crippen LogP contribution is 2.37. The molecule has 1 unspecified atom stereocenters. The highest BCUT2D eigenvalue weighted by atomic mass is 32.2. The van der Waals surface area contributed by atoms with Gasteiger partial charge in [0, 0.05) is 28.9 Å². The maximum absolute atomic E-state index is 5.34. The Balaban J connectivity index is 2.77. The fourth-order valence-corrected chi connectivity index (χ4v) is 2.50. The monoisotopic (exact) mass is 290 g/mol. The Morgan fingerprint density at radius 1 is 1.39 bits per heavy atom. The van der Waals surface area contributed by atoms with Gasteiger partial charge in [-0.1, -0.05) is 0 Å². The second kappa shape index (κ2) is 6.63. The standard InChI is InChI=1S/C12H22N2O2S2/c1-8(13-7-12(2,3)17-6)9-10(15-4)14-18-11(9)16-5/h8,13H,7H2,1-6H3. The summed E-state index contributed by atoms with van der Waals surface area (Å²) in [4.78, 5) is 0. The number of ether oxygens (including phenoxy) is 2. The van der Waals surface area contributed by atoms with Gasteiger partial charge in [-0.2, -0.15) is 16.1 Å². The molecule has 18 heavy (non-hydrogen) atoms. The van der Waals surface area contributed by atoms with Gasteiger partial charge in [0.25, 0.3) is 0 Å². The van der Waals surface area contributed by atoms with Gasteiger partial charge in [-0.15, -0.1) is 0 Å². The Morgan fingerprint density at radius 3 is 2.56 bits per heavy atom. The maximum Gasteiger partial charge on any atom is 0.233 e. The molecule has 0 aliphatic carbocycles. The van der Waals surface area contributed by atoms with Crippen LogP contribution in [0.2, 0.25) is 0 Å². The Labute approximate surface area is 118 Å². The van der Waals surface area contributed by atoms with E-state index in [0.29, 0.717) is 5.88 Å². The molecule has 0 aromatic carbocycles. The Kier molecular flexibility index (Phi) is 5.75. The second-order valence-corrected chi connectivity index (χ2v) is 6.91. The molecule has 0 saturated carbocycles. The average Bonchev–Trinajstić information content (AvgIpc) is 2.79. The van der Waals surface area contributed by atoms with Crippen LogP contribution in [0.15, 0.2) is 0 Å². The Hall–Kier alpha value is -0.460. The molecular formula is C12H22N2O2S2. The third-order valence-electron chi connectivity index (χ3n) is 2.86. The van der Waals surface area contributed by atoms with Gasteiger partial charge in [0.1, 0.15) is 0 Å². The number of methoxy groups -OCH3 is 2. The number of hydrogen-bond donors (Lipinski definition) is 1. The highest BCUT2D eigenvalue weighted by molar-refractivity contribution is 7.99. The summed E-state index contributed by atoms with van der Waals surface area (Å²) < 4.78 is 15.1. The predicted octanol–water partition coefficient (Wildman–Crippen LogP) is 2.95. The van der Waals surface area contributed by atoms with Gasteiger partial charge in [0.2, 0.25) is 10.9 Å². The molecule has 1 aromatic heterocycles. The summed E-state index contributed by atoms with van der Waals surface area (Å²) in [5, 5.41) is 4.33. The van der Waals surface area contributed by atoms with E-state index in [2.05, 4.69) is 36.7 Å². The van der Waals surface area contributed by atoms with Crippen LogP contribution in [0.25, 0.3) is 0 Å². The van der Waals surface area contributed by atoms with Crippen LogP contribution in [0, 0.1) is 0 Å². The molecule has 1 aromatic rings. The average molecular weight is 290 g/mol. The van der Waals surface area contributed by atoms with Crippen LogP contribution in [0.1, 0.15) is 32.4 Å². The fraction of sp³-hybridized carbons (Fsp3) is 0.750. The van der Waals surface area contributed by atoms with Crippen LogP contribution >= 0.6 is 23.3 Å². The molecule has 0 saturated heterocycles. The van der Waals surface area contributed by atoms with E-state index in [1.807, 2.05) is 11.8 Å². The lowest BCUT2D eigenvalue weighted by molar-refractivity contribution is 0.375. The van der Waals surface area contributed by atoms with Crippen LogP contribution < -0.4 is 14.8 Å². The summed E-state index contributed by atoms with van der Waals surface area (Å²) in [6.07, 6.45) is 2.12. The molecule has 0 amide bonds. The molecule has 104 valence electrons. The first kappa shape index (κ1) is 15.6. The van der Waals surface area contributed by atoms with E-state index >= 15 is 0 Å². The van der Waals surface area contributed by atoms with Crippen molar-refractivity contribution in [2.45, 2.75) is 31.6 Å². The molecule has 1 rings (SSSR count).